The van der Waals surface area contributed by atoms with E-state index in [0.29, 0.717) is 37.0 Å². The third-order valence-electron chi connectivity index (χ3n) is 4.37. The van der Waals surface area contributed by atoms with Crippen LogP contribution >= 0.6 is 23.2 Å². The summed E-state index contributed by atoms with van der Waals surface area (Å²) >= 11 is 12.0. The SMILES string of the molecule is Cc1ccc(S(=O)(=O)N2CCOCC2)cc1NC(=O)COc1cccc(Cl)c1Cl. The molecule has 0 aromatic heterocycles. The van der Waals surface area contributed by atoms with Crippen LogP contribution in [-0.2, 0) is 19.6 Å². The third-order valence-corrected chi connectivity index (χ3v) is 7.06. The first-order chi connectivity index (χ1) is 13.8. The minimum atomic E-state index is -3.66. The van der Waals surface area contributed by atoms with E-state index in [2.05, 4.69) is 5.32 Å². The highest BCUT2D eigenvalue weighted by molar-refractivity contribution is 7.89. The number of morpholine rings is 1. The van der Waals surface area contributed by atoms with Crippen molar-refractivity contribution in [3.8, 4) is 5.75 Å². The van der Waals surface area contributed by atoms with Gasteiger partial charge in [-0.1, -0.05) is 35.3 Å². The molecule has 0 unspecified atom stereocenters. The molecule has 1 saturated heterocycles. The van der Waals surface area contributed by atoms with E-state index in [1.54, 1.807) is 31.2 Å². The van der Waals surface area contributed by atoms with Crippen molar-refractivity contribution in [3.63, 3.8) is 0 Å². The summed E-state index contributed by atoms with van der Waals surface area (Å²) in [5.41, 5.74) is 1.12. The maximum Gasteiger partial charge on any atom is 0.262 e. The summed E-state index contributed by atoms with van der Waals surface area (Å²) in [6, 6.07) is 9.49. The number of aryl methyl sites for hydroxylation is 1. The number of ether oxygens (including phenoxy) is 2. The minimum Gasteiger partial charge on any atom is -0.482 e. The van der Waals surface area contributed by atoms with Gasteiger partial charge in [-0.3, -0.25) is 4.79 Å². The van der Waals surface area contributed by atoms with Crippen molar-refractivity contribution >= 4 is 44.8 Å². The lowest BCUT2D eigenvalue weighted by molar-refractivity contribution is -0.118. The fourth-order valence-electron chi connectivity index (χ4n) is 2.76. The van der Waals surface area contributed by atoms with Gasteiger partial charge in [-0.15, -0.1) is 0 Å². The Balaban J connectivity index is 1.71. The summed E-state index contributed by atoms with van der Waals surface area (Å²) in [7, 11) is -3.66. The number of nitrogens with zero attached hydrogens (tertiary/aromatic N) is 1. The quantitative estimate of drug-likeness (QED) is 0.717. The molecule has 10 heteroatoms. The zero-order valence-corrected chi connectivity index (χ0v) is 18.0. The molecule has 1 aliphatic heterocycles. The summed E-state index contributed by atoms with van der Waals surface area (Å²) in [6.07, 6.45) is 0. The highest BCUT2D eigenvalue weighted by Crippen LogP contribution is 2.31. The van der Waals surface area contributed by atoms with Gasteiger partial charge in [-0.05, 0) is 36.8 Å². The molecule has 0 atom stereocenters. The molecule has 0 saturated carbocycles. The third kappa shape index (κ3) is 5.21. The van der Waals surface area contributed by atoms with E-state index >= 15 is 0 Å². The van der Waals surface area contributed by atoms with Crippen LogP contribution in [0.3, 0.4) is 0 Å². The summed E-state index contributed by atoms with van der Waals surface area (Å²) in [4.78, 5) is 12.4. The van der Waals surface area contributed by atoms with Crippen LogP contribution in [0.5, 0.6) is 5.75 Å². The molecule has 0 bridgehead atoms. The fourth-order valence-corrected chi connectivity index (χ4v) is 4.54. The van der Waals surface area contributed by atoms with Crippen LogP contribution in [0.4, 0.5) is 5.69 Å². The normalized spacial score (nSPS) is 15.1. The molecule has 2 aromatic carbocycles. The molecule has 0 spiro atoms. The second-order valence-corrected chi connectivity index (χ2v) is 9.11. The standard InChI is InChI=1S/C19H20Cl2N2O5S/c1-13-5-6-14(29(25,26)23-7-9-27-10-8-23)11-16(13)22-18(24)12-28-17-4-2-3-15(20)19(17)21/h2-6,11H,7-10,12H2,1H3,(H,22,24). The van der Waals surface area contributed by atoms with Crippen LogP contribution in [0.25, 0.3) is 0 Å². The zero-order chi connectivity index (χ0) is 21.0. The topological polar surface area (TPSA) is 84.9 Å². The Kier molecular flexibility index (Phi) is 7.02. The summed E-state index contributed by atoms with van der Waals surface area (Å²) in [6.45, 7) is 2.78. The number of hydrogen-bond acceptors (Lipinski definition) is 5. The van der Waals surface area contributed by atoms with E-state index in [1.165, 1.54) is 16.4 Å². The van der Waals surface area contributed by atoms with Crippen molar-refractivity contribution in [1.82, 2.24) is 4.31 Å². The molecule has 1 amide bonds. The van der Waals surface area contributed by atoms with Gasteiger partial charge in [0, 0.05) is 18.8 Å². The van der Waals surface area contributed by atoms with E-state index in [0.717, 1.165) is 5.56 Å². The van der Waals surface area contributed by atoms with Crippen LogP contribution in [0.1, 0.15) is 5.56 Å². The van der Waals surface area contributed by atoms with E-state index in [-0.39, 0.29) is 22.3 Å². The van der Waals surface area contributed by atoms with Gasteiger partial charge in [0.05, 0.1) is 23.1 Å². The van der Waals surface area contributed by atoms with Gasteiger partial charge >= 0.3 is 0 Å². The van der Waals surface area contributed by atoms with Gasteiger partial charge in [0.2, 0.25) is 10.0 Å². The summed E-state index contributed by atoms with van der Waals surface area (Å²) < 4.78 is 37.6. The van der Waals surface area contributed by atoms with E-state index < -0.39 is 15.9 Å². The first-order valence-corrected chi connectivity index (χ1v) is 11.0. The molecule has 1 N–H and O–H groups in total. The van der Waals surface area contributed by atoms with Gasteiger partial charge < -0.3 is 14.8 Å². The van der Waals surface area contributed by atoms with E-state index in [1.807, 2.05) is 0 Å². The van der Waals surface area contributed by atoms with Crippen molar-refractivity contribution in [3.05, 3.63) is 52.0 Å². The molecule has 0 aliphatic carbocycles. The number of sulfonamides is 1. The van der Waals surface area contributed by atoms with Gasteiger partial charge in [0.25, 0.3) is 5.91 Å². The number of carbonyl (C=O) groups excluding carboxylic acids is 1. The van der Waals surface area contributed by atoms with Crippen molar-refractivity contribution in [1.29, 1.82) is 0 Å². The average Bonchev–Trinajstić information content (AvgIpc) is 2.71. The number of hydrogen-bond donors (Lipinski definition) is 1. The monoisotopic (exact) mass is 458 g/mol. The molecule has 0 radical (unpaired) electrons. The Morgan fingerprint density at radius 1 is 1.21 bits per heavy atom. The largest absolute Gasteiger partial charge is 0.482 e. The average molecular weight is 459 g/mol. The molecule has 29 heavy (non-hydrogen) atoms. The fraction of sp³-hybridized carbons (Fsp3) is 0.316. The Labute approximate surface area is 179 Å². The Morgan fingerprint density at radius 2 is 1.93 bits per heavy atom. The van der Waals surface area contributed by atoms with Crippen molar-refractivity contribution in [2.24, 2.45) is 0 Å². The number of amides is 1. The summed E-state index contributed by atoms with van der Waals surface area (Å²) in [5, 5.41) is 3.22. The molecule has 2 aromatic rings. The van der Waals surface area contributed by atoms with Crippen LogP contribution in [-0.4, -0.2) is 51.5 Å². The van der Waals surface area contributed by atoms with E-state index in [4.69, 9.17) is 32.7 Å². The Bertz CT molecular complexity index is 1010. The molecule has 1 fully saturated rings. The van der Waals surface area contributed by atoms with Crippen molar-refractivity contribution in [2.45, 2.75) is 11.8 Å². The van der Waals surface area contributed by atoms with Crippen LogP contribution < -0.4 is 10.1 Å². The van der Waals surface area contributed by atoms with Gasteiger partial charge in [0.1, 0.15) is 10.8 Å². The second kappa shape index (κ2) is 9.32. The highest BCUT2D eigenvalue weighted by Gasteiger charge is 2.27. The number of halogens is 2. The first-order valence-electron chi connectivity index (χ1n) is 8.84. The second-order valence-electron chi connectivity index (χ2n) is 6.38. The maximum atomic E-state index is 12.8. The van der Waals surface area contributed by atoms with Crippen LogP contribution in [0.2, 0.25) is 10.0 Å². The van der Waals surface area contributed by atoms with Crippen LogP contribution in [0.15, 0.2) is 41.3 Å². The molecule has 3 rings (SSSR count). The molecular formula is C19H20Cl2N2O5S. The number of anilines is 1. The molecule has 7 nitrogen and oxygen atoms in total. The summed E-state index contributed by atoms with van der Waals surface area (Å²) in [5.74, 6) is -0.167. The molecule has 156 valence electrons. The molecule has 1 heterocycles. The van der Waals surface area contributed by atoms with Gasteiger partial charge in [-0.25, -0.2) is 8.42 Å². The van der Waals surface area contributed by atoms with Crippen molar-refractivity contribution < 1.29 is 22.7 Å². The lowest BCUT2D eigenvalue weighted by Crippen LogP contribution is -2.40. The van der Waals surface area contributed by atoms with Gasteiger partial charge in [0.15, 0.2) is 6.61 Å². The minimum absolute atomic E-state index is 0.110. The number of benzene rings is 2. The number of carbonyl (C=O) groups is 1. The first kappa shape index (κ1) is 21.9. The zero-order valence-electron chi connectivity index (χ0n) is 15.7. The van der Waals surface area contributed by atoms with E-state index in [9.17, 15) is 13.2 Å². The predicted molar refractivity (Wildman–Crippen MR) is 111 cm³/mol. The Morgan fingerprint density at radius 3 is 2.66 bits per heavy atom. The number of rotatable bonds is 6. The Hall–Kier alpha value is -1.84. The molecule has 1 aliphatic rings. The molecular weight excluding hydrogens is 439 g/mol. The lowest BCUT2D eigenvalue weighted by atomic mass is 10.2. The lowest BCUT2D eigenvalue weighted by Gasteiger charge is -2.26. The predicted octanol–water partition coefficient (Wildman–Crippen LogP) is 3.34. The highest BCUT2D eigenvalue weighted by atomic mass is 35.5. The number of nitrogens with one attached hydrogen (secondary N) is 1. The smallest absolute Gasteiger partial charge is 0.262 e. The van der Waals surface area contributed by atoms with Gasteiger partial charge in [-0.2, -0.15) is 4.31 Å². The van der Waals surface area contributed by atoms with Crippen LogP contribution in [0, 0.1) is 6.92 Å². The maximum absolute atomic E-state index is 12.8. The van der Waals surface area contributed by atoms with Crippen molar-refractivity contribution in [2.75, 3.05) is 38.2 Å².